The normalized spacial score (nSPS) is 23.5. The van der Waals surface area contributed by atoms with Gasteiger partial charge in [-0.25, -0.2) is 0 Å². The lowest BCUT2D eigenvalue weighted by Crippen LogP contribution is -2.39. The predicted octanol–water partition coefficient (Wildman–Crippen LogP) is 3.69. The van der Waals surface area contributed by atoms with E-state index in [-0.39, 0.29) is 0 Å². The zero-order valence-electron chi connectivity index (χ0n) is 11.8. The number of likely N-dealkylation sites (N-methyl/N-ethyl adjacent to an activating group) is 1. The maximum atomic E-state index is 5.73. The van der Waals surface area contributed by atoms with Gasteiger partial charge < -0.3 is 9.64 Å². The van der Waals surface area contributed by atoms with Crippen molar-refractivity contribution in [3.05, 3.63) is 0 Å². The first-order valence-corrected chi connectivity index (χ1v) is 8.68. The largest absolute Gasteiger partial charge is 0.380 e. The number of hydrogen-bond acceptors (Lipinski definition) is 2. The molecule has 2 fully saturated rings. The minimum absolute atomic E-state index is 0.531. The number of ether oxygens (including phenoxy) is 1. The molecule has 0 aromatic rings. The van der Waals surface area contributed by atoms with E-state index in [9.17, 15) is 0 Å². The van der Waals surface area contributed by atoms with E-state index in [1.165, 1.54) is 51.5 Å². The average molecular weight is 318 g/mol. The summed E-state index contributed by atoms with van der Waals surface area (Å²) in [6.45, 7) is 4.22. The molecule has 2 aliphatic carbocycles. The van der Waals surface area contributed by atoms with E-state index in [4.69, 9.17) is 4.74 Å². The Morgan fingerprint density at radius 1 is 1.22 bits per heavy atom. The lowest BCUT2D eigenvalue weighted by molar-refractivity contribution is 0.0815. The molecule has 0 spiro atoms. The lowest BCUT2D eigenvalue weighted by Gasteiger charge is -2.39. The van der Waals surface area contributed by atoms with Gasteiger partial charge in [-0.05, 0) is 44.1 Å². The molecule has 2 rings (SSSR count). The van der Waals surface area contributed by atoms with Crippen molar-refractivity contribution in [2.24, 2.45) is 11.3 Å². The molecule has 0 heterocycles. The Hall–Kier alpha value is 0.400. The van der Waals surface area contributed by atoms with Gasteiger partial charge in [0.15, 0.2) is 0 Å². The molecule has 0 unspecified atom stereocenters. The summed E-state index contributed by atoms with van der Waals surface area (Å²) >= 11 is 3.75. The van der Waals surface area contributed by atoms with Crippen molar-refractivity contribution in [2.45, 2.75) is 44.9 Å². The Balaban J connectivity index is 1.62. The van der Waals surface area contributed by atoms with Crippen molar-refractivity contribution in [3.8, 4) is 0 Å². The Morgan fingerprint density at radius 2 is 1.94 bits per heavy atom. The van der Waals surface area contributed by atoms with Gasteiger partial charge in [-0.15, -0.1) is 0 Å². The second kappa shape index (κ2) is 7.25. The number of hydrogen-bond donors (Lipinski definition) is 0. The Kier molecular flexibility index (Phi) is 5.96. The monoisotopic (exact) mass is 317 g/mol. The summed E-state index contributed by atoms with van der Waals surface area (Å²) in [4.78, 5) is 2.47. The van der Waals surface area contributed by atoms with Crippen molar-refractivity contribution in [1.82, 2.24) is 4.90 Å². The van der Waals surface area contributed by atoms with Crippen molar-refractivity contribution in [3.63, 3.8) is 0 Å². The molecule has 0 aromatic heterocycles. The molecular weight excluding hydrogens is 290 g/mol. The third-order valence-corrected chi connectivity index (χ3v) is 5.66. The van der Waals surface area contributed by atoms with E-state index in [2.05, 4.69) is 27.9 Å². The summed E-state index contributed by atoms with van der Waals surface area (Å²) in [6.07, 6.45) is 9.83. The SMILES string of the molecule is CN(CCOCC1CC1)CC1(CBr)CCCCC1. The molecule has 0 aliphatic heterocycles. The van der Waals surface area contributed by atoms with E-state index >= 15 is 0 Å². The number of rotatable bonds is 8. The van der Waals surface area contributed by atoms with Crippen LogP contribution in [0.4, 0.5) is 0 Å². The predicted molar refractivity (Wildman–Crippen MR) is 80.4 cm³/mol. The van der Waals surface area contributed by atoms with Gasteiger partial charge in [-0.2, -0.15) is 0 Å². The lowest BCUT2D eigenvalue weighted by atomic mass is 9.75. The Labute approximate surface area is 121 Å². The summed E-state index contributed by atoms with van der Waals surface area (Å²) in [5, 5.41) is 1.16. The van der Waals surface area contributed by atoms with Gasteiger partial charge in [0.1, 0.15) is 0 Å². The van der Waals surface area contributed by atoms with Crippen molar-refractivity contribution in [2.75, 3.05) is 38.7 Å². The van der Waals surface area contributed by atoms with Crippen LogP contribution in [0, 0.1) is 11.3 Å². The highest BCUT2D eigenvalue weighted by molar-refractivity contribution is 9.09. The second-order valence-corrected chi connectivity index (χ2v) is 7.01. The van der Waals surface area contributed by atoms with Crippen LogP contribution < -0.4 is 0 Å². The van der Waals surface area contributed by atoms with Gasteiger partial charge in [0.05, 0.1) is 6.61 Å². The summed E-state index contributed by atoms with van der Waals surface area (Å²) in [6, 6.07) is 0. The summed E-state index contributed by atoms with van der Waals surface area (Å²) in [5.74, 6) is 0.891. The molecule has 0 N–H and O–H groups in total. The zero-order valence-corrected chi connectivity index (χ0v) is 13.4. The molecule has 2 nitrogen and oxygen atoms in total. The maximum Gasteiger partial charge on any atom is 0.0593 e. The molecule has 0 aromatic carbocycles. The third-order valence-electron chi connectivity index (χ3n) is 4.47. The van der Waals surface area contributed by atoms with E-state index in [1.807, 2.05) is 0 Å². The van der Waals surface area contributed by atoms with Crippen LogP contribution in [0.15, 0.2) is 0 Å². The van der Waals surface area contributed by atoms with Crippen LogP contribution >= 0.6 is 15.9 Å². The van der Waals surface area contributed by atoms with Crippen LogP contribution in [-0.2, 0) is 4.74 Å². The van der Waals surface area contributed by atoms with Gasteiger partial charge in [-0.1, -0.05) is 35.2 Å². The maximum absolute atomic E-state index is 5.73. The van der Waals surface area contributed by atoms with Crippen molar-refractivity contribution < 1.29 is 4.74 Å². The van der Waals surface area contributed by atoms with E-state index in [0.717, 1.165) is 31.0 Å². The highest BCUT2D eigenvalue weighted by Gasteiger charge is 2.31. The second-order valence-electron chi connectivity index (χ2n) is 6.45. The van der Waals surface area contributed by atoms with Crippen LogP contribution in [0.3, 0.4) is 0 Å². The number of alkyl halides is 1. The quantitative estimate of drug-likeness (QED) is 0.500. The van der Waals surface area contributed by atoms with Crippen LogP contribution in [0.2, 0.25) is 0 Å². The fraction of sp³-hybridized carbons (Fsp3) is 1.00. The fourth-order valence-corrected chi connectivity index (χ4v) is 3.78. The summed E-state index contributed by atoms with van der Waals surface area (Å²) < 4.78 is 5.73. The molecule has 0 atom stereocenters. The highest BCUT2D eigenvalue weighted by Crippen LogP contribution is 2.38. The average Bonchev–Trinajstić information content (AvgIpc) is 3.20. The minimum Gasteiger partial charge on any atom is -0.380 e. The van der Waals surface area contributed by atoms with E-state index < -0.39 is 0 Å². The molecule has 2 aliphatic rings. The van der Waals surface area contributed by atoms with E-state index in [0.29, 0.717) is 5.41 Å². The van der Waals surface area contributed by atoms with Gasteiger partial charge in [0, 0.05) is 25.0 Å². The van der Waals surface area contributed by atoms with E-state index in [1.54, 1.807) is 0 Å². The summed E-state index contributed by atoms with van der Waals surface area (Å²) in [5.41, 5.74) is 0.531. The first-order valence-electron chi connectivity index (χ1n) is 7.56. The molecule has 0 saturated heterocycles. The molecular formula is C15H28BrNO. The highest BCUT2D eigenvalue weighted by atomic mass is 79.9. The van der Waals surface area contributed by atoms with Crippen LogP contribution in [0.5, 0.6) is 0 Å². The van der Waals surface area contributed by atoms with Gasteiger partial charge in [0.2, 0.25) is 0 Å². The van der Waals surface area contributed by atoms with Gasteiger partial charge in [0.25, 0.3) is 0 Å². The first kappa shape index (κ1) is 14.8. The molecule has 18 heavy (non-hydrogen) atoms. The van der Waals surface area contributed by atoms with Gasteiger partial charge >= 0.3 is 0 Å². The standard InChI is InChI=1S/C15H28BrNO/c1-17(9-10-18-11-14-5-6-14)13-15(12-16)7-3-2-4-8-15/h14H,2-13H2,1H3. The van der Waals surface area contributed by atoms with Crippen molar-refractivity contribution >= 4 is 15.9 Å². The third kappa shape index (κ3) is 4.82. The Bertz CT molecular complexity index is 237. The molecule has 2 saturated carbocycles. The van der Waals surface area contributed by atoms with Crippen LogP contribution in [0.1, 0.15) is 44.9 Å². The molecule has 0 bridgehead atoms. The molecule has 106 valence electrons. The number of nitrogens with zero attached hydrogens (tertiary/aromatic N) is 1. The molecule has 0 radical (unpaired) electrons. The first-order chi connectivity index (χ1) is 8.74. The smallest absolute Gasteiger partial charge is 0.0593 e. The molecule has 3 heteroatoms. The Morgan fingerprint density at radius 3 is 2.56 bits per heavy atom. The summed E-state index contributed by atoms with van der Waals surface area (Å²) in [7, 11) is 2.25. The minimum atomic E-state index is 0.531. The number of halogens is 1. The van der Waals surface area contributed by atoms with Gasteiger partial charge in [-0.3, -0.25) is 0 Å². The fourth-order valence-electron chi connectivity index (χ4n) is 3.04. The van der Waals surface area contributed by atoms with Crippen LogP contribution in [0.25, 0.3) is 0 Å². The van der Waals surface area contributed by atoms with Crippen LogP contribution in [-0.4, -0.2) is 43.6 Å². The zero-order chi connectivity index (χ0) is 12.8. The molecule has 0 amide bonds. The topological polar surface area (TPSA) is 12.5 Å². The van der Waals surface area contributed by atoms with Crippen molar-refractivity contribution in [1.29, 1.82) is 0 Å².